The molecule has 0 aliphatic carbocycles. The van der Waals surface area contributed by atoms with Crippen molar-refractivity contribution in [3.8, 4) is 0 Å². The van der Waals surface area contributed by atoms with Crippen LogP contribution in [0.3, 0.4) is 0 Å². The van der Waals surface area contributed by atoms with Crippen molar-refractivity contribution in [1.82, 2.24) is 4.90 Å². The molecule has 0 spiro atoms. The third-order valence-corrected chi connectivity index (χ3v) is 9.48. The van der Waals surface area contributed by atoms with Gasteiger partial charge in [-0.2, -0.15) is 0 Å². The van der Waals surface area contributed by atoms with E-state index in [-0.39, 0.29) is 24.1 Å². The summed E-state index contributed by atoms with van der Waals surface area (Å²) in [6, 6.07) is 0. The van der Waals surface area contributed by atoms with Crippen LogP contribution in [0.15, 0.2) is 24.3 Å². The number of hydrogen-bond acceptors (Lipinski definition) is 4. The van der Waals surface area contributed by atoms with E-state index in [9.17, 15) is 9.59 Å². The first-order valence-electron chi connectivity index (χ1n) is 8.37. The number of amides is 2. The fourth-order valence-corrected chi connectivity index (χ4v) is 3.56. The van der Waals surface area contributed by atoms with Gasteiger partial charge in [-0.15, -0.1) is 6.58 Å². The Bertz CT molecular complexity index is 534. The van der Waals surface area contributed by atoms with E-state index in [1.165, 1.54) is 0 Å². The van der Waals surface area contributed by atoms with Gasteiger partial charge in [0.25, 0.3) is 0 Å². The molecule has 1 aliphatic rings. The van der Waals surface area contributed by atoms with Gasteiger partial charge in [0.15, 0.2) is 8.32 Å². The average Bonchev–Trinajstić information content (AvgIpc) is 2.90. The van der Waals surface area contributed by atoms with Crippen molar-refractivity contribution >= 4 is 20.3 Å². The summed E-state index contributed by atoms with van der Waals surface area (Å²) < 4.78 is 11.4. The van der Waals surface area contributed by atoms with Crippen LogP contribution in [0.25, 0.3) is 0 Å². The smallest absolute Gasteiger partial charge is 0.416 e. The molecule has 1 aliphatic heterocycles. The Kier molecular flexibility index (Phi) is 6.58. The van der Waals surface area contributed by atoms with Crippen LogP contribution < -0.4 is 0 Å². The van der Waals surface area contributed by atoms with Crippen molar-refractivity contribution in [2.45, 2.75) is 58.9 Å². The molecule has 1 saturated heterocycles. The van der Waals surface area contributed by atoms with Gasteiger partial charge in [-0.05, 0) is 37.6 Å². The summed E-state index contributed by atoms with van der Waals surface area (Å²) in [5, 5.41) is 0.0145. The van der Waals surface area contributed by atoms with Gasteiger partial charge in [-0.1, -0.05) is 32.9 Å². The summed E-state index contributed by atoms with van der Waals surface area (Å²) in [6.07, 6.45) is 2.52. The largest absolute Gasteiger partial charge is 0.447 e. The zero-order valence-corrected chi connectivity index (χ0v) is 17.0. The second-order valence-corrected chi connectivity index (χ2v) is 12.5. The number of ether oxygens (including phenoxy) is 1. The van der Waals surface area contributed by atoms with Gasteiger partial charge in [0.1, 0.15) is 6.61 Å². The molecule has 1 heterocycles. The fourth-order valence-electron chi connectivity index (χ4n) is 2.24. The topological polar surface area (TPSA) is 55.8 Å². The normalized spacial score (nSPS) is 19.0. The number of hydrogen-bond donors (Lipinski definition) is 0. The molecule has 0 aromatic rings. The minimum atomic E-state index is -2.10. The van der Waals surface area contributed by atoms with Crippen LogP contribution in [0.2, 0.25) is 18.1 Å². The first kappa shape index (κ1) is 20.6. The molecule has 0 aromatic heterocycles. The SMILES string of the molecule is C=C[C@@H](C(=O)N1CCOC1=O)[C@@H](O[Si](C)(C)C(C)(C)C)/C(C)=C/C. The second-order valence-electron chi connectivity index (χ2n) is 7.70. The number of carbonyl (C=O) groups is 2. The van der Waals surface area contributed by atoms with E-state index in [0.29, 0.717) is 0 Å². The van der Waals surface area contributed by atoms with E-state index in [0.717, 1.165) is 10.5 Å². The van der Waals surface area contributed by atoms with E-state index < -0.39 is 26.4 Å². The molecule has 136 valence electrons. The van der Waals surface area contributed by atoms with Gasteiger partial charge in [-0.3, -0.25) is 4.79 Å². The monoisotopic (exact) mass is 353 g/mol. The molecule has 2 atom stereocenters. The van der Waals surface area contributed by atoms with Gasteiger partial charge >= 0.3 is 6.09 Å². The van der Waals surface area contributed by atoms with Crippen LogP contribution in [-0.4, -0.2) is 44.5 Å². The highest BCUT2D eigenvalue weighted by Crippen LogP contribution is 2.39. The van der Waals surface area contributed by atoms with Crippen LogP contribution in [0.5, 0.6) is 0 Å². The molecular formula is C18H31NO4Si. The van der Waals surface area contributed by atoms with Gasteiger partial charge in [0, 0.05) is 0 Å². The fraction of sp³-hybridized carbons (Fsp3) is 0.667. The Labute approximate surface area is 146 Å². The second kappa shape index (κ2) is 7.65. The molecular weight excluding hydrogens is 322 g/mol. The van der Waals surface area contributed by atoms with Gasteiger partial charge < -0.3 is 9.16 Å². The third-order valence-electron chi connectivity index (χ3n) is 5.02. The minimum Gasteiger partial charge on any atom is -0.447 e. The summed E-state index contributed by atoms with van der Waals surface area (Å²) in [7, 11) is -2.10. The molecule has 0 bridgehead atoms. The van der Waals surface area contributed by atoms with Crippen LogP contribution >= 0.6 is 0 Å². The average molecular weight is 354 g/mol. The maximum absolute atomic E-state index is 12.8. The van der Waals surface area contributed by atoms with Crippen LogP contribution in [-0.2, 0) is 14.0 Å². The molecule has 1 rings (SSSR count). The molecule has 0 aromatic carbocycles. The lowest BCUT2D eigenvalue weighted by molar-refractivity contribution is -0.132. The number of imide groups is 1. The molecule has 0 saturated carbocycles. The van der Waals surface area contributed by atoms with E-state index in [4.69, 9.17) is 9.16 Å². The highest BCUT2D eigenvalue weighted by atomic mass is 28.4. The summed E-state index contributed by atoms with van der Waals surface area (Å²) in [6.45, 7) is 19.0. The molecule has 6 heteroatoms. The zero-order valence-electron chi connectivity index (χ0n) is 16.0. The number of carbonyl (C=O) groups excluding carboxylic acids is 2. The molecule has 24 heavy (non-hydrogen) atoms. The van der Waals surface area contributed by atoms with Crippen LogP contribution in [0, 0.1) is 5.92 Å². The molecule has 2 amide bonds. The molecule has 0 radical (unpaired) electrons. The maximum Gasteiger partial charge on any atom is 0.416 e. The first-order chi connectivity index (χ1) is 11.0. The molecule has 0 unspecified atom stereocenters. The highest BCUT2D eigenvalue weighted by Gasteiger charge is 2.43. The Hall–Kier alpha value is -1.40. The standard InChI is InChI=1S/C18H31NO4Si/c1-9-13(3)15(23-24(7,8)18(4,5)6)14(10-2)16(20)19-11-12-22-17(19)21/h9-10,14-15H,2,11-12H2,1,3-8H3/b13-9+/t14-,15+/m1/s1. The van der Waals surface area contributed by atoms with Crippen LogP contribution in [0.4, 0.5) is 4.79 Å². The van der Waals surface area contributed by atoms with Crippen molar-refractivity contribution in [2.75, 3.05) is 13.2 Å². The Balaban J connectivity index is 3.15. The van der Waals surface area contributed by atoms with Gasteiger partial charge in [0.05, 0.1) is 18.6 Å². The van der Waals surface area contributed by atoms with E-state index in [2.05, 4.69) is 40.4 Å². The van der Waals surface area contributed by atoms with E-state index in [1.807, 2.05) is 19.9 Å². The number of rotatable bonds is 6. The molecule has 1 fully saturated rings. The van der Waals surface area contributed by atoms with E-state index in [1.54, 1.807) is 6.08 Å². The highest BCUT2D eigenvalue weighted by molar-refractivity contribution is 6.74. The summed E-state index contributed by atoms with van der Waals surface area (Å²) >= 11 is 0. The van der Waals surface area contributed by atoms with Crippen molar-refractivity contribution in [2.24, 2.45) is 5.92 Å². The quantitative estimate of drug-likeness (QED) is 0.532. The van der Waals surface area contributed by atoms with Crippen molar-refractivity contribution in [1.29, 1.82) is 0 Å². The lowest BCUT2D eigenvalue weighted by Gasteiger charge is -2.41. The van der Waals surface area contributed by atoms with Crippen LogP contribution in [0.1, 0.15) is 34.6 Å². The zero-order chi connectivity index (χ0) is 18.7. The summed E-state index contributed by atoms with van der Waals surface area (Å²) in [4.78, 5) is 25.7. The predicted octanol–water partition coefficient (Wildman–Crippen LogP) is 4.12. The predicted molar refractivity (Wildman–Crippen MR) is 98.2 cm³/mol. The number of nitrogens with zero attached hydrogens (tertiary/aromatic N) is 1. The molecule has 0 N–H and O–H groups in total. The Morgan fingerprint density at radius 1 is 1.42 bits per heavy atom. The van der Waals surface area contributed by atoms with Crippen molar-refractivity contribution in [3.05, 3.63) is 24.3 Å². The summed E-state index contributed by atoms with van der Waals surface area (Å²) in [5.74, 6) is -0.918. The first-order valence-corrected chi connectivity index (χ1v) is 11.3. The number of cyclic esters (lactones) is 1. The lowest BCUT2D eigenvalue weighted by Crippen LogP contribution is -2.49. The van der Waals surface area contributed by atoms with Gasteiger partial charge in [-0.25, -0.2) is 9.69 Å². The molecule has 5 nitrogen and oxygen atoms in total. The minimum absolute atomic E-state index is 0.0145. The van der Waals surface area contributed by atoms with Gasteiger partial charge in [0.2, 0.25) is 5.91 Å². The lowest BCUT2D eigenvalue weighted by atomic mass is 9.95. The summed E-state index contributed by atoms with van der Waals surface area (Å²) in [5.41, 5.74) is 0.964. The number of allylic oxidation sites excluding steroid dienone is 1. The maximum atomic E-state index is 12.8. The van der Waals surface area contributed by atoms with E-state index >= 15 is 0 Å². The third kappa shape index (κ3) is 4.36. The van der Waals surface area contributed by atoms with Crippen molar-refractivity contribution in [3.63, 3.8) is 0 Å². The Morgan fingerprint density at radius 2 is 2.00 bits per heavy atom. The van der Waals surface area contributed by atoms with Crippen molar-refractivity contribution < 1.29 is 18.8 Å². The Morgan fingerprint density at radius 3 is 2.38 bits per heavy atom.